The summed E-state index contributed by atoms with van der Waals surface area (Å²) in [7, 11) is 0. The van der Waals surface area contributed by atoms with Crippen molar-refractivity contribution in [3.63, 3.8) is 0 Å². The van der Waals surface area contributed by atoms with E-state index in [9.17, 15) is 14.7 Å². The molecule has 1 aliphatic rings. The van der Waals surface area contributed by atoms with E-state index in [1.165, 1.54) is 16.2 Å². The number of thioether (sulfide) groups is 1. The Labute approximate surface area is 120 Å². The SMILES string of the molecule is CCC1SCC(C(=O)O)N1C(=O)c1cc(C)c(C)s1. The van der Waals surface area contributed by atoms with Crippen LogP contribution in [0.1, 0.15) is 33.5 Å². The summed E-state index contributed by atoms with van der Waals surface area (Å²) in [5, 5.41) is 9.22. The zero-order valence-electron chi connectivity index (χ0n) is 11.2. The number of hydrogen-bond acceptors (Lipinski definition) is 4. The fourth-order valence-electron chi connectivity index (χ4n) is 2.15. The van der Waals surface area contributed by atoms with Gasteiger partial charge in [0.25, 0.3) is 5.91 Å². The molecule has 6 heteroatoms. The maximum Gasteiger partial charge on any atom is 0.327 e. The second-order valence-corrected chi connectivity index (χ2v) is 7.08. The van der Waals surface area contributed by atoms with Crippen LogP contribution in [0.5, 0.6) is 0 Å². The first-order valence-electron chi connectivity index (χ1n) is 6.19. The predicted octanol–water partition coefficient (Wildman–Crippen LogP) is 2.74. The molecule has 4 nitrogen and oxygen atoms in total. The van der Waals surface area contributed by atoms with E-state index in [0.717, 1.165) is 16.9 Å². The van der Waals surface area contributed by atoms with Crippen molar-refractivity contribution < 1.29 is 14.7 Å². The van der Waals surface area contributed by atoms with Crippen molar-refractivity contribution in [3.05, 3.63) is 21.4 Å². The maximum atomic E-state index is 12.6. The van der Waals surface area contributed by atoms with E-state index in [1.807, 2.05) is 26.8 Å². The van der Waals surface area contributed by atoms with E-state index in [2.05, 4.69) is 0 Å². The first-order valence-corrected chi connectivity index (χ1v) is 8.06. The Balaban J connectivity index is 2.30. The Bertz CT molecular complexity index is 492. The minimum Gasteiger partial charge on any atom is -0.480 e. The summed E-state index contributed by atoms with van der Waals surface area (Å²) in [5.74, 6) is -0.588. The quantitative estimate of drug-likeness (QED) is 0.932. The Morgan fingerprint density at radius 1 is 1.47 bits per heavy atom. The normalized spacial score (nSPS) is 22.8. The van der Waals surface area contributed by atoms with Gasteiger partial charge in [0.15, 0.2) is 0 Å². The molecule has 0 bridgehead atoms. The lowest BCUT2D eigenvalue weighted by molar-refractivity contribution is -0.141. The molecular weight excluding hydrogens is 282 g/mol. The number of nitrogens with zero attached hydrogens (tertiary/aromatic N) is 1. The van der Waals surface area contributed by atoms with Gasteiger partial charge in [-0.2, -0.15) is 0 Å². The van der Waals surface area contributed by atoms with Crippen LogP contribution in [0.15, 0.2) is 6.07 Å². The number of aliphatic carboxylic acids is 1. The minimum atomic E-state index is -0.915. The largest absolute Gasteiger partial charge is 0.480 e. The smallest absolute Gasteiger partial charge is 0.327 e. The van der Waals surface area contributed by atoms with Gasteiger partial charge in [0.1, 0.15) is 6.04 Å². The van der Waals surface area contributed by atoms with Gasteiger partial charge >= 0.3 is 5.97 Å². The first-order chi connectivity index (χ1) is 8.95. The third-order valence-electron chi connectivity index (χ3n) is 3.34. The van der Waals surface area contributed by atoms with Crippen molar-refractivity contribution in [2.45, 2.75) is 38.6 Å². The monoisotopic (exact) mass is 299 g/mol. The molecule has 1 aromatic heterocycles. The minimum absolute atomic E-state index is 0.0312. The van der Waals surface area contributed by atoms with Gasteiger partial charge in [0.2, 0.25) is 0 Å². The number of amides is 1. The summed E-state index contributed by atoms with van der Waals surface area (Å²) < 4.78 is 0. The van der Waals surface area contributed by atoms with E-state index >= 15 is 0 Å². The van der Waals surface area contributed by atoms with Gasteiger partial charge in [0.05, 0.1) is 10.3 Å². The van der Waals surface area contributed by atoms with Crippen LogP contribution in [0.2, 0.25) is 0 Å². The van der Waals surface area contributed by atoms with Gasteiger partial charge in [-0.05, 0) is 31.9 Å². The molecule has 2 atom stereocenters. The third kappa shape index (κ3) is 2.65. The third-order valence-corrected chi connectivity index (χ3v) is 5.93. The molecule has 1 N–H and O–H groups in total. The molecule has 2 rings (SSSR count). The van der Waals surface area contributed by atoms with Crippen LogP contribution in [0.4, 0.5) is 0 Å². The van der Waals surface area contributed by atoms with Crippen LogP contribution >= 0.6 is 23.1 Å². The molecule has 1 fully saturated rings. The van der Waals surface area contributed by atoms with Crippen LogP contribution < -0.4 is 0 Å². The van der Waals surface area contributed by atoms with E-state index in [4.69, 9.17) is 0 Å². The molecule has 0 spiro atoms. The van der Waals surface area contributed by atoms with Crippen molar-refractivity contribution in [3.8, 4) is 0 Å². The molecule has 0 aliphatic carbocycles. The van der Waals surface area contributed by atoms with Crippen molar-refractivity contribution in [2.75, 3.05) is 5.75 Å². The van der Waals surface area contributed by atoms with Gasteiger partial charge in [-0.25, -0.2) is 4.79 Å². The Morgan fingerprint density at radius 2 is 2.16 bits per heavy atom. The van der Waals surface area contributed by atoms with Crippen molar-refractivity contribution in [1.82, 2.24) is 4.90 Å². The molecule has 1 saturated heterocycles. The van der Waals surface area contributed by atoms with Gasteiger partial charge in [-0.15, -0.1) is 23.1 Å². The van der Waals surface area contributed by atoms with E-state index in [-0.39, 0.29) is 11.3 Å². The second-order valence-electron chi connectivity index (χ2n) is 4.61. The molecule has 1 aliphatic heterocycles. The van der Waals surface area contributed by atoms with Crippen LogP contribution in [-0.2, 0) is 4.79 Å². The highest BCUT2D eigenvalue weighted by Crippen LogP contribution is 2.34. The first kappa shape index (κ1) is 14.4. The fourth-order valence-corrected chi connectivity index (χ4v) is 4.47. The molecule has 0 radical (unpaired) electrons. The lowest BCUT2D eigenvalue weighted by atomic mass is 10.2. The number of thiophene rings is 1. The van der Waals surface area contributed by atoms with E-state index in [1.54, 1.807) is 11.8 Å². The van der Waals surface area contributed by atoms with Crippen molar-refractivity contribution in [1.29, 1.82) is 0 Å². The maximum absolute atomic E-state index is 12.6. The number of carbonyl (C=O) groups is 2. The molecule has 104 valence electrons. The summed E-state index contributed by atoms with van der Waals surface area (Å²) in [5.41, 5.74) is 1.08. The van der Waals surface area contributed by atoms with Gasteiger partial charge in [0, 0.05) is 10.6 Å². The molecule has 0 aromatic carbocycles. The van der Waals surface area contributed by atoms with Gasteiger partial charge in [-0.1, -0.05) is 6.92 Å². The van der Waals surface area contributed by atoms with Crippen LogP contribution in [-0.4, -0.2) is 39.1 Å². The predicted molar refractivity (Wildman–Crippen MR) is 77.9 cm³/mol. The number of hydrogen-bond donors (Lipinski definition) is 1. The van der Waals surface area contributed by atoms with E-state index < -0.39 is 12.0 Å². The number of carboxylic acid groups (broad SMARTS) is 1. The van der Waals surface area contributed by atoms with Crippen LogP contribution in [0.25, 0.3) is 0 Å². The zero-order valence-corrected chi connectivity index (χ0v) is 12.8. The Morgan fingerprint density at radius 3 is 2.63 bits per heavy atom. The Kier molecular flexibility index (Phi) is 4.20. The average molecular weight is 299 g/mol. The highest BCUT2D eigenvalue weighted by molar-refractivity contribution is 8.00. The molecule has 0 saturated carbocycles. The lowest BCUT2D eigenvalue weighted by Crippen LogP contribution is -2.45. The summed E-state index contributed by atoms with van der Waals surface area (Å²) >= 11 is 2.99. The Hall–Kier alpha value is -1.01. The lowest BCUT2D eigenvalue weighted by Gasteiger charge is -2.26. The van der Waals surface area contributed by atoms with Crippen molar-refractivity contribution in [2.24, 2.45) is 0 Å². The van der Waals surface area contributed by atoms with E-state index in [0.29, 0.717) is 10.6 Å². The molecule has 1 aromatic rings. The molecule has 2 unspecified atom stereocenters. The topological polar surface area (TPSA) is 57.6 Å². The average Bonchev–Trinajstić information content (AvgIpc) is 2.93. The molecule has 1 amide bonds. The molecular formula is C13H17NO3S2. The van der Waals surface area contributed by atoms with Crippen molar-refractivity contribution >= 4 is 35.0 Å². The summed E-state index contributed by atoms with van der Waals surface area (Å²) in [6.07, 6.45) is 0.767. The highest BCUT2D eigenvalue weighted by Gasteiger charge is 2.41. The van der Waals surface area contributed by atoms with Gasteiger partial charge in [-0.3, -0.25) is 4.79 Å². The molecule has 2 heterocycles. The van der Waals surface area contributed by atoms with Crippen LogP contribution in [0.3, 0.4) is 0 Å². The number of aryl methyl sites for hydroxylation is 2. The fraction of sp³-hybridized carbons (Fsp3) is 0.538. The number of rotatable bonds is 3. The second kappa shape index (κ2) is 5.54. The summed E-state index contributed by atoms with van der Waals surface area (Å²) in [6.45, 7) is 5.92. The number of carboxylic acids is 1. The molecule has 19 heavy (non-hydrogen) atoms. The highest BCUT2D eigenvalue weighted by atomic mass is 32.2. The zero-order chi connectivity index (χ0) is 14.2. The number of carbonyl (C=O) groups excluding carboxylic acids is 1. The summed E-state index contributed by atoms with van der Waals surface area (Å²) in [6, 6.07) is 1.15. The van der Waals surface area contributed by atoms with Crippen LogP contribution in [0, 0.1) is 13.8 Å². The van der Waals surface area contributed by atoms with Gasteiger partial charge < -0.3 is 10.0 Å². The standard InChI is InChI=1S/C13H17NO3S2/c1-4-11-14(9(6-18-11)13(16)17)12(15)10-5-7(2)8(3)19-10/h5,9,11H,4,6H2,1-3H3,(H,16,17). The summed E-state index contributed by atoms with van der Waals surface area (Å²) in [4.78, 5) is 27.1.